The number of halogens is 2. The molecular formula is C15H12F2N4O2S. The van der Waals surface area contributed by atoms with E-state index in [2.05, 4.69) is 15.8 Å². The van der Waals surface area contributed by atoms with Crippen LogP contribution in [0.15, 0.2) is 47.6 Å². The topological polar surface area (TPSA) is 79.6 Å². The van der Waals surface area contributed by atoms with Gasteiger partial charge in [-0.05, 0) is 37.3 Å². The standard InChI is InChI=1S/C15H12F2N4O2S/c1-9(14-10(16)5-4-6-11(14)17)19-20-15(24)18-12-7-2-3-8-13(12)21(22)23/h2-8H,1H3,(H2,18,20,24)/b19-9-. The molecule has 24 heavy (non-hydrogen) atoms. The van der Waals surface area contributed by atoms with Gasteiger partial charge in [0.25, 0.3) is 5.69 Å². The van der Waals surface area contributed by atoms with E-state index in [0.717, 1.165) is 12.1 Å². The summed E-state index contributed by atoms with van der Waals surface area (Å²) >= 11 is 4.98. The van der Waals surface area contributed by atoms with Crippen LogP contribution in [0.25, 0.3) is 0 Å². The lowest BCUT2D eigenvalue weighted by molar-refractivity contribution is -0.383. The van der Waals surface area contributed by atoms with Gasteiger partial charge in [0.05, 0.1) is 16.2 Å². The maximum Gasteiger partial charge on any atom is 0.292 e. The maximum absolute atomic E-state index is 13.6. The molecule has 0 heterocycles. The van der Waals surface area contributed by atoms with Crippen LogP contribution in [0.4, 0.5) is 20.2 Å². The van der Waals surface area contributed by atoms with E-state index in [-0.39, 0.29) is 27.8 Å². The summed E-state index contributed by atoms with van der Waals surface area (Å²) < 4.78 is 27.3. The van der Waals surface area contributed by atoms with Crippen molar-refractivity contribution in [2.75, 3.05) is 5.32 Å². The number of thiocarbonyl (C=S) groups is 1. The Morgan fingerprint density at radius 2 is 1.79 bits per heavy atom. The summed E-state index contributed by atoms with van der Waals surface area (Å²) in [6, 6.07) is 9.37. The first-order valence-corrected chi connectivity index (χ1v) is 7.10. The first-order chi connectivity index (χ1) is 11.4. The third kappa shape index (κ3) is 4.07. The molecule has 0 atom stereocenters. The fourth-order valence-corrected chi connectivity index (χ4v) is 2.08. The Bertz CT molecular complexity index is 807. The van der Waals surface area contributed by atoms with Gasteiger partial charge in [-0.3, -0.25) is 15.5 Å². The molecule has 0 aromatic heterocycles. The number of nitro benzene ring substituents is 1. The molecule has 9 heteroatoms. The monoisotopic (exact) mass is 350 g/mol. The van der Waals surface area contributed by atoms with E-state index >= 15 is 0 Å². The van der Waals surface area contributed by atoms with Crippen molar-refractivity contribution in [3.8, 4) is 0 Å². The van der Waals surface area contributed by atoms with Crippen molar-refractivity contribution < 1.29 is 13.7 Å². The van der Waals surface area contributed by atoms with Crippen molar-refractivity contribution in [3.63, 3.8) is 0 Å². The highest BCUT2D eigenvalue weighted by Gasteiger charge is 2.14. The quantitative estimate of drug-likeness (QED) is 0.381. The van der Waals surface area contributed by atoms with Gasteiger partial charge in [0.15, 0.2) is 5.11 Å². The lowest BCUT2D eigenvalue weighted by Crippen LogP contribution is -2.25. The van der Waals surface area contributed by atoms with Gasteiger partial charge >= 0.3 is 0 Å². The molecule has 0 amide bonds. The smallest absolute Gasteiger partial charge is 0.292 e. The SMILES string of the molecule is C/C(=N/NC(=S)Nc1ccccc1[N+](=O)[O-])c1c(F)cccc1F. The highest BCUT2D eigenvalue weighted by atomic mass is 32.1. The lowest BCUT2D eigenvalue weighted by atomic mass is 10.1. The summed E-state index contributed by atoms with van der Waals surface area (Å²) in [6.45, 7) is 1.40. The Labute approximate surface area is 141 Å². The zero-order chi connectivity index (χ0) is 17.7. The molecule has 2 N–H and O–H groups in total. The number of benzene rings is 2. The van der Waals surface area contributed by atoms with Crippen LogP contribution < -0.4 is 10.7 Å². The molecule has 6 nitrogen and oxygen atoms in total. The van der Waals surface area contributed by atoms with Crippen LogP contribution in [0.3, 0.4) is 0 Å². The zero-order valence-corrected chi connectivity index (χ0v) is 13.2. The minimum Gasteiger partial charge on any atom is -0.326 e. The lowest BCUT2D eigenvalue weighted by Gasteiger charge is -2.09. The molecule has 0 aliphatic carbocycles. The maximum atomic E-state index is 13.6. The van der Waals surface area contributed by atoms with E-state index in [1.165, 1.54) is 31.2 Å². The number of nitrogens with one attached hydrogen (secondary N) is 2. The summed E-state index contributed by atoms with van der Waals surface area (Å²) in [5.74, 6) is -1.51. The predicted molar refractivity (Wildman–Crippen MR) is 91.0 cm³/mol. The van der Waals surface area contributed by atoms with E-state index in [1.807, 2.05) is 0 Å². The van der Waals surface area contributed by atoms with Gasteiger partial charge in [-0.15, -0.1) is 0 Å². The third-order valence-electron chi connectivity index (χ3n) is 3.00. The van der Waals surface area contributed by atoms with E-state index in [4.69, 9.17) is 12.2 Å². The van der Waals surface area contributed by atoms with Gasteiger partial charge in [0.1, 0.15) is 17.3 Å². The van der Waals surface area contributed by atoms with Gasteiger partial charge in [0.2, 0.25) is 0 Å². The molecule has 0 radical (unpaired) electrons. The molecule has 0 spiro atoms. The van der Waals surface area contributed by atoms with Gasteiger partial charge < -0.3 is 5.32 Å². The van der Waals surface area contributed by atoms with E-state index in [9.17, 15) is 18.9 Å². The van der Waals surface area contributed by atoms with Crippen molar-refractivity contribution in [2.45, 2.75) is 6.92 Å². The Hall–Kier alpha value is -2.94. The molecule has 0 saturated heterocycles. The Morgan fingerprint density at radius 1 is 1.17 bits per heavy atom. The van der Waals surface area contributed by atoms with Gasteiger partial charge in [0, 0.05) is 6.07 Å². The van der Waals surface area contributed by atoms with Crippen LogP contribution in [-0.2, 0) is 0 Å². The van der Waals surface area contributed by atoms with Gasteiger partial charge in [-0.25, -0.2) is 8.78 Å². The summed E-state index contributed by atoms with van der Waals surface area (Å²) in [4.78, 5) is 10.4. The van der Waals surface area contributed by atoms with E-state index in [1.54, 1.807) is 6.07 Å². The number of nitro groups is 1. The van der Waals surface area contributed by atoms with Crippen molar-refractivity contribution in [1.82, 2.24) is 5.43 Å². The second kappa shape index (κ2) is 7.55. The average molecular weight is 350 g/mol. The van der Waals surface area contributed by atoms with Crippen LogP contribution in [0, 0.1) is 21.7 Å². The molecule has 2 aromatic carbocycles. The Morgan fingerprint density at radius 3 is 2.42 bits per heavy atom. The summed E-state index contributed by atoms with van der Waals surface area (Å²) in [6.07, 6.45) is 0. The largest absolute Gasteiger partial charge is 0.326 e. The Kier molecular flexibility index (Phi) is 5.48. The molecule has 0 bridgehead atoms. The van der Waals surface area contributed by atoms with Crippen molar-refractivity contribution in [3.05, 3.63) is 69.8 Å². The van der Waals surface area contributed by atoms with Crippen molar-refractivity contribution >= 4 is 34.4 Å². The van der Waals surface area contributed by atoms with Crippen LogP contribution in [0.1, 0.15) is 12.5 Å². The third-order valence-corrected chi connectivity index (χ3v) is 3.19. The minimum atomic E-state index is -0.754. The predicted octanol–water partition coefficient (Wildman–Crippen LogP) is 3.58. The minimum absolute atomic E-state index is 0.0392. The highest BCUT2D eigenvalue weighted by Crippen LogP contribution is 2.22. The summed E-state index contributed by atoms with van der Waals surface area (Å²) in [5, 5.41) is 17.3. The number of nitrogens with zero attached hydrogens (tertiary/aromatic N) is 2. The number of rotatable bonds is 4. The Balaban J connectivity index is 2.12. The molecule has 2 rings (SSSR count). The molecule has 0 fully saturated rings. The number of hydrazone groups is 1. The molecule has 0 aliphatic rings. The number of hydrogen-bond donors (Lipinski definition) is 2. The van der Waals surface area contributed by atoms with E-state index in [0.29, 0.717) is 0 Å². The van der Waals surface area contributed by atoms with Crippen molar-refractivity contribution in [2.24, 2.45) is 5.10 Å². The van der Waals surface area contributed by atoms with E-state index < -0.39 is 16.6 Å². The number of hydrogen-bond acceptors (Lipinski definition) is 4. The van der Waals surface area contributed by atoms with Crippen LogP contribution >= 0.6 is 12.2 Å². The van der Waals surface area contributed by atoms with Crippen LogP contribution in [0.2, 0.25) is 0 Å². The molecular weight excluding hydrogens is 338 g/mol. The second-order valence-electron chi connectivity index (χ2n) is 4.63. The average Bonchev–Trinajstić information content (AvgIpc) is 2.53. The fraction of sp³-hybridized carbons (Fsp3) is 0.0667. The van der Waals surface area contributed by atoms with Crippen LogP contribution in [-0.4, -0.2) is 15.7 Å². The fourth-order valence-electron chi connectivity index (χ4n) is 1.92. The molecule has 0 saturated carbocycles. The van der Waals surface area contributed by atoms with Crippen LogP contribution in [0.5, 0.6) is 0 Å². The summed E-state index contributed by atoms with van der Waals surface area (Å²) in [5.41, 5.74) is 2.17. The molecule has 0 unspecified atom stereocenters. The first-order valence-electron chi connectivity index (χ1n) is 6.69. The molecule has 2 aromatic rings. The number of para-hydroxylation sites is 2. The summed E-state index contributed by atoms with van der Waals surface area (Å²) in [7, 11) is 0. The zero-order valence-electron chi connectivity index (χ0n) is 12.4. The highest BCUT2D eigenvalue weighted by molar-refractivity contribution is 7.80. The second-order valence-corrected chi connectivity index (χ2v) is 5.04. The van der Waals surface area contributed by atoms with Gasteiger partial charge in [-0.2, -0.15) is 5.10 Å². The van der Waals surface area contributed by atoms with Gasteiger partial charge in [-0.1, -0.05) is 18.2 Å². The number of anilines is 1. The first kappa shape index (κ1) is 17.4. The molecule has 0 aliphatic heterocycles. The normalized spacial score (nSPS) is 11.0. The molecule has 124 valence electrons. The van der Waals surface area contributed by atoms with Crippen molar-refractivity contribution in [1.29, 1.82) is 0 Å².